The highest BCUT2D eigenvalue weighted by Crippen LogP contribution is 2.41. The Hall–Kier alpha value is -2.91. The lowest BCUT2D eigenvalue weighted by atomic mass is 9.73. The SMILES string of the molecule is C[N+]1(C(C(N)=O)c2ncncn2)CCC[C@@H](OC(=O)C(O)(c2ccccc2)C2CCCCC2)C1. The number of amides is 1. The van der Waals surface area contributed by atoms with E-state index in [9.17, 15) is 14.7 Å². The molecule has 1 aliphatic heterocycles. The summed E-state index contributed by atoms with van der Waals surface area (Å²) in [5.74, 6) is -1.03. The summed E-state index contributed by atoms with van der Waals surface area (Å²) in [6, 6.07) is 8.33. The van der Waals surface area contributed by atoms with E-state index < -0.39 is 29.6 Å². The van der Waals surface area contributed by atoms with Crippen molar-refractivity contribution in [3.05, 3.63) is 54.4 Å². The molecule has 2 fully saturated rings. The van der Waals surface area contributed by atoms with Crippen LogP contribution in [0.3, 0.4) is 0 Å². The van der Waals surface area contributed by atoms with E-state index in [1.54, 1.807) is 12.1 Å². The van der Waals surface area contributed by atoms with Crippen LogP contribution < -0.4 is 5.73 Å². The summed E-state index contributed by atoms with van der Waals surface area (Å²) in [5.41, 5.74) is 4.65. The zero-order valence-corrected chi connectivity index (χ0v) is 19.7. The highest BCUT2D eigenvalue weighted by molar-refractivity contribution is 5.82. The zero-order valence-electron chi connectivity index (χ0n) is 19.7. The first-order valence-electron chi connectivity index (χ1n) is 12.1. The fraction of sp³-hybridized carbons (Fsp3) is 0.560. The van der Waals surface area contributed by atoms with E-state index in [-0.39, 0.29) is 10.4 Å². The van der Waals surface area contributed by atoms with Gasteiger partial charge in [-0.1, -0.05) is 49.6 Å². The molecule has 1 saturated heterocycles. The Bertz CT molecular complexity index is 985. The zero-order chi connectivity index (χ0) is 24.2. The van der Waals surface area contributed by atoms with Gasteiger partial charge in [-0.15, -0.1) is 0 Å². The fourth-order valence-corrected chi connectivity index (χ4v) is 5.74. The number of ether oxygens (including phenoxy) is 1. The van der Waals surface area contributed by atoms with Crippen molar-refractivity contribution in [3.8, 4) is 0 Å². The molecule has 9 nitrogen and oxygen atoms in total. The predicted octanol–water partition coefficient (Wildman–Crippen LogP) is 2.02. The number of carbonyl (C=O) groups is 2. The van der Waals surface area contributed by atoms with Crippen LogP contribution in [0, 0.1) is 5.92 Å². The van der Waals surface area contributed by atoms with Gasteiger partial charge in [0.1, 0.15) is 19.2 Å². The number of nitrogens with zero attached hydrogens (tertiary/aromatic N) is 4. The van der Waals surface area contributed by atoms with Crippen LogP contribution in [-0.4, -0.2) is 62.7 Å². The fourth-order valence-electron chi connectivity index (χ4n) is 5.74. The van der Waals surface area contributed by atoms with Gasteiger partial charge in [-0.2, -0.15) is 0 Å². The van der Waals surface area contributed by atoms with Gasteiger partial charge in [0.15, 0.2) is 17.5 Å². The average molecular weight is 469 g/mol. The lowest BCUT2D eigenvalue weighted by Gasteiger charge is -2.45. The second-order valence-corrected chi connectivity index (χ2v) is 9.82. The minimum Gasteiger partial charge on any atom is -0.454 e. The molecule has 34 heavy (non-hydrogen) atoms. The maximum absolute atomic E-state index is 13.6. The summed E-state index contributed by atoms with van der Waals surface area (Å²) in [4.78, 5) is 38.2. The molecule has 2 heterocycles. The second kappa shape index (κ2) is 10.1. The van der Waals surface area contributed by atoms with Crippen LogP contribution in [0.5, 0.6) is 0 Å². The molecule has 1 saturated carbocycles. The van der Waals surface area contributed by atoms with Crippen molar-refractivity contribution in [2.45, 2.75) is 62.7 Å². The Balaban J connectivity index is 1.57. The van der Waals surface area contributed by atoms with Crippen molar-refractivity contribution in [1.29, 1.82) is 0 Å². The Morgan fingerprint density at radius 2 is 1.76 bits per heavy atom. The molecule has 182 valence electrons. The van der Waals surface area contributed by atoms with E-state index in [4.69, 9.17) is 10.5 Å². The highest BCUT2D eigenvalue weighted by Gasteiger charge is 2.50. The second-order valence-electron chi connectivity index (χ2n) is 9.82. The number of likely N-dealkylation sites (N-methyl/N-ethyl adjacent to an activating group) is 1. The molecule has 2 aliphatic rings. The van der Waals surface area contributed by atoms with Crippen LogP contribution in [0.4, 0.5) is 0 Å². The molecule has 1 amide bonds. The summed E-state index contributed by atoms with van der Waals surface area (Å²) < 4.78 is 6.24. The van der Waals surface area contributed by atoms with Gasteiger partial charge in [0, 0.05) is 12.3 Å². The molecule has 3 unspecified atom stereocenters. The number of aliphatic hydroxyl groups is 1. The number of hydrogen-bond donors (Lipinski definition) is 2. The van der Waals surface area contributed by atoms with Crippen LogP contribution >= 0.6 is 0 Å². The number of likely N-dealkylation sites (tertiary alicyclic amines) is 1. The Kier molecular flexibility index (Phi) is 7.23. The molecule has 0 bridgehead atoms. The quantitative estimate of drug-likeness (QED) is 0.470. The molecular weight excluding hydrogens is 434 g/mol. The number of benzene rings is 1. The summed E-state index contributed by atoms with van der Waals surface area (Å²) in [6.45, 7) is 1.04. The first-order chi connectivity index (χ1) is 16.3. The van der Waals surface area contributed by atoms with Crippen molar-refractivity contribution < 1.29 is 23.9 Å². The molecule has 4 rings (SSSR count). The number of primary amides is 1. The van der Waals surface area contributed by atoms with Crippen molar-refractivity contribution in [2.75, 3.05) is 20.1 Å². The van der Waals surface area contributed by atoms with Crippen LogP contribution in [0.1, 0.15) is 62.4 Å². The number of nitrogens with two attached hydrogens (primary N) is 1. The van der Waals surface area contributed by atoms with Crippen LogP contribution in [0.2, 0.25) is 0 Å². The Labute approximate surface area is 200 Å². The third kappa shape index (κ3) is 4.81. The number of hydrogen-bond acceptors (Lipinski definition) is 7. The number of aromatic nitrogens is 3. The average Bonchev–Trinajstić information content (AvgIpc) is 2.85. The first-order valence-corrected chi connectivity index (χ1v) is 12.1. The molecule has 1 aliphatic carbocycles. The molecular formula is C25H34N5O4+. The van der Waals surface area contributed by atoms with E-state index in [1.807, 2.05) is 25.2 Å². The van der Waals surface area contributed by atoms with Crippen molar-refractivity contribution in [1.82, 2.24) is 15.0 Å². The summed E-state index contributed by atoms with van der Waals surface area (Å²) >= 11 is 0. The van der Waals surface area contributed by atoms with Gasteiger partial charge in [-0.05, 0) is 24.8 Å². The molecule has 4 atom stereocenters. The topological polar surface area (TPSA) is 128 Å². The molecule has 0 radical (unpaired) electrons. The van der Waals surface area contributed by atoms with E-state index in [0.717, 1.165) is 38.5 Å². The van der Waals surface area contributed by atoms with Crippen LogP contribution in [-0.2, 0) is 19.9 Å². The van der Waals surface area contributed by atoms with Gasteiger partial charge in [-0.3, -0.25) is 4.79 Å². The minimum atomic E-state index is -1.69. The normalized spacial score (nSPS) is 26.2. The van der Waals surface area contributed by atoms with Crippen molar-refractivity contribution in [3.63, 3.8) is 0 Å². The third-order valence-corrected chi connectivity index (χ3v) is 7.46. The van der Waals surface area contributed by atoms with Gasteiger partial charge in [0.05, 0.1) is 13.6 Å². The molecule has 0 spiro atoms. The summed E-state index contributed by atoms with van der Waals surface area (Å²) in [5, 5.41) is 11.8. The lowest BCUT2D eigenvalue weighted by Crippen LogP contribution is -2.59. The van der Waals surface area contributed by atoms with Gasteiger partial charge in [0.25, 0.3) is 5.91 Å². The Morgan fingerprint density at radius 3 is 2.41 bits per heavy atom. The first kappa shape index (κ1) is 24.2. The smallest absolute Gasteiger partial charge is 0.343 e. The van der Waals surface area contributed by atoms with Gasteiger partial charge < -0.3 is 20.1 Å². The Morgan fingerprint density at radius 1 is 1.09 bits per heavy atom. The molecule has 1 aromatic heterocycles. The number of carbonyl (C=O) groups excluding carboxylic acids is 2. The van der Waals surface area contributed by atoms with Crippen LogP contribution in [0.15, 0.2) is 43.0 Å². The molecule has 2 aromatic rings. The number of quaternary nitrogens is 1. The predicted molar refractivity (Wildman–Crippen MR) is 124 cm³/mol. The monoisotopic (exact) mass is 468 g/mol. The molecule has 3 N–H and O–H groups in total. The largest absolute Gasteiger partial charge is 0.454 e. The van der Waals surface area contributed by atoms with Gasteiger partial charge >= 0.3 is 5.97 Å². The minimum absolute atomic E-state index is 0.191. The number of rotatable bonds is 7. The standard InChI is InChI=1S/C25H33N5O4/c1-30(21(22(26)31)23-28-16-27-17-29-23)14-8-13-20(15-30)34-24(32)25(33,18-9-4-2-5-10-18)19-11-6-3-7-12-19/h2,4-5,9-10,16-17,19-21,33H,3,6-8,11-15H2,1H3,(H-,26,31)/p+1/t20-,21?,25?,30?/m1/s1. The maximum Gasteiger partial charge on any atom is 0.343 e. The van der Waals surface area contributed by atoms with Crippen LogP contribution in [0.25, 0.3) is 0 Å². The third-order valence-electron chi connectivity index (χ3n) is 7.46. The maximum atomic E-state index is 13.6. The molecule has 1 aromatic carbocycles. The van der Waals surface area contributed by atoms with Gasteiger partial charge in [0.2, 0.25) is 6.04 Å². The highest BCUT2D eigenvalue weighted by atomic mass is 16.6. The van der Waals surface area contributed by atoms with E-state index in [0.29, 0.717) is 30.9 Å². The van der Waals surface area contributed by atoms with Crippen molar-refractivity contribution in [2.24, 2.45) is 11.7 Å². The van der Waals surface area contributed by atoms with E-state index >= 15 is 0 Å². The van der Waals surface area contributed by atoms with Gasteiger partial charge in [-0.25, -0.2) is 19.7 Å². The summed E-state index contributed by atoms with van der Waals surface area (Å²) in [7, 11) is 1.91. The van der Waals surface area contributed by atoms with Crippen molar-refractivity contribution >= 4 is 11.9 Å². The lowest BCUT2D eigenvalue weighted by molar-refractivity contribution is -0.937. The molecule has 9 heteroatoms. The van der Waals surface area contributed by atoms with E-state index in [1.165, 1.54) is 12.7 Å². The number of esters is 1. The number of piperidine rings is 1. The summed E-state index contributed by atoms with van der Waals surface area (Å²) in [6.07, 6.45) is 8.24. The van der Waals surface area contributed by atoms with E-state index in [2.05, 4.69) is 15.0 Å².